The molecule has 0 unspecified atom stereocenters. The number of ether oxygens (including phenoxy) is 1. The molecule has 1 aliphatic carbocycles. The lowest BCUT2D eigenvalue weighted by atomic mass is 9.58. The first-order valence-corrected chi connectivity index (χ1v) is 18.2. The third kappa shape index (κ3) is 7.21. The van der Waals surface area contributed by atoms with Crippen molar-refractivity contribution in [3.05, 3.63) is 73.9 Å². The lowest BCUT2D eigenvalue weighted by Gasteiger charge is -2.43. The first-order valence-electron chi connectivity index (χ1n) is 17.1. The molecule has 0 saturated carbocycles. The quantitative estimate of drug-likeness (QED) is 0.125. The maximum atomic E-state index is 14.2. The van der Waals surface area contributed by atoms with Crippen LogP contribution >= 0.6 is 22.6 Å². The highest BCUT2D eigenvalue weighted by molar-refractivity contribution is 14.1. The van der Waals surface area contributed by atoms with Gasteiger partial charge < -0.3 is 19.5 Å². The molecule has 2 amide bonds. The van der Waals surface area contributed by atoms with Crippen molar-refractivity contribution in [1.82, 2.24) is 9.80 Å². The highest BCUT2D eigenvalue weighted by atomic mass is 127. The molecule has 0 radical (unpaired) electrons. The standard InChI is InChI=1S/C37H46BIN2O6/c1-4-8-26-20-28-34(37(44)41(36(28)43)27-13-15-40(16-14-27)22-24-9-6-5-7-10-24)29-21-38(45)47-31(33(26)29)12-11-23(2)17-25-18-30(39)35(42)32(19-25)46-3/h5-7,9-10,17-19,27-29,31,34,42,45H,4,8,11-16,20-22H2,1-3H3/b23-17+/t28-,29+,31-,34-/m1/s1. The van der Waals surface area contributed by atoms with E-state index in [1.165, 1.54) is 11.1 Å². The van der Waals surface area contributed by atoms with Crippen molar-refractivity contribution in [2.75, 3.05) is 20.2 Å². The normalized spacial score (nSPS) is 25.8. The number of carbonyl (C=O) groups excluding carboxylic acids is 2. The summed E-state index contributed by atoms with van der Waals surface area (Å²) < 4.78 is 12.3. The average molecular weight is 752 g/mol. The molecular weight excluding hydrogens is 706 g/mol. The summed E-state index contributed by atoms with van der Waals surface area (Å²) in [5.74, 6) is -0.438. The number of phenols is 1. The number of carbonyl (C=O) groups is 2. The van der Waals surface area contributed by atoms with Gasteiger partial charge in [-0.15, -0.1) is 0 Å². The Hall–Kier alpha value is -2.67. The molecule has 0 spiro atoms. The molecule has 2 aromatic rings. The van der Waals surface area contributed by atoms with Crippen molar-refractivity contribution in [3.8, 4) is 11.5 Å². The highest BCUT2D eigenvalue weighted by Gasteiger charge is 2.58. The first kappa shape index (κ1) is 34.2. The molecular formula is C37H46BIN2O6. The lowest BCUT2D eigenvalue weighted by molar-refractivity contribution is -0.144. The van der Waals surface area contributed by atoms with Gasteiger partial charge in [-0.3, -0.25) is 19.4 Å². The summed E-state index contributed by atoms with van der Waals surface area (Å²) in [5.41, 5.74) is 5.76. The van der Waals surface area contributed by atoms with Crippen molar-refractivity contribution >= 4 is 47.6 Å². The minimum absolute atomic E-state index is 0.00979. The highest BCUT2D eigenvalue weighted by Crippen LogP contribution is 2.52. The van der Waals surface area contributed by atoms with Gasteiger partial charge in [-0.25, -0.2) is 0 Å². The predicted octanol–water partition coefficient (Wildman–Crippen LogP) is 6.45. The number of benzene rings is 2. The molecule has 2 N–H and O–H groups in total. The Morgan fingerprint density at radius 2 is 1.87 bits per heavy atom. The van der Waals surface area contributed by atoms with Crippen LogP contribution in [0.25, 0.3) is 6.08 Å². The van der Waals surface area contributed by atoms with E-state index >= 15 is 0 Å². The second kappa shape index (κ2) is 14.8. The van der Waals surface area contributed by atoms with Gasteiger partial charge in [-0.2, -0.15) is 0 Å². The number of imide groups is 1. The number of hydrogen-bond acceptors (Lipinski definition) is 7. The number of allylic oxidation sites excluding steroid dienone is 2. The van der Waals surface area contributed by atoms with E-state index in [0.717, 1.165) is 72.0 Å². The zero-order chi connectivity index (χ0) is 33.2. The summed E-state index contributed by atoms with van der Waals surface area (Å²) in [6.07, 6.45) is 7.55. The number of hydrogen-bond donors (Lipinski definition) is 2. The van der Waals surface area contributed by atoms with Gasteiger partial charge in [0.15, 0.2) is 11.5 Å². The number of fused-ring (bicyclic) bond motifs is 3. The zero-order valence-corrected chi connectivity index (χ0v) is 29.8. The van der Waals surface area contributed by atoms with E-state index in [1.807, 2.05) is 18.2 Å². The Balaban J connectivity index is 1.17. The van der Waals surface area contributed by atoms with Crippen LogP contribution in [0.4, 0.5) is 0 Å². The molecule has 47 heavy (non-hydrogen) atoms. The van der Waals surface area contributed by atoms with Gasteiger partial charge in [0.2, 0.25) is 11.8 Å². The van der Waals surface area contributed by atoms with Gasteiger partial charge >= 0.3 is 7.12 Å². The smallest absolute Gasteiger partial charge is 0.455 e. The Morgan fingerprint density at radius 1 is 1.13 bits per heavy atom. The molecule has 3 saturated heterocycles. The van der Waals surface area contributed by atoms with E-state index in [-0.39, 0.29) is 41.5 Å². The summed E-state index contributed by atoms with van der Waals surface area (Å²) in [7, 11) is 0.572. The zero-order valence-electron chi connectivity index (χ0n) is 27.7. The van der Waals surface area contributed by atoms with Crippen LogP contribution in [-0.2, 0) is 20.8 Å². The molecule has 10 heteroatoms. The molecule has 3 heterocycles. The van der Waals surface area contributed by atoms with Crippen LogP contribution in [0.15, 0.2) is 59.2 Å². The van der Waals surface area contributed by atoms with Crippen LogP contribution in [0.3, 0.4) is 0 Å². The first-order chi connectivity index (χ1) is 22.7. The topological polar surface area (TPSA) is 99.5 Å². The average Bonchev–Trinajstić information content (AvgIpc) is 3.31. The Kier molecular flexibility index (Phi) is 10.8. The Morgan fingerprint density at radius 3 is 2.57 bits per heavy atom. The Labute approximate surface area is 292 Å². The van der Waals surface area contributed by atoms with Crippen LogP contribution in [0, 0.1) is 21.3 Å². The molecule has 3 aliphatic heterocycles. The molecule has 4 atom stereocenters. The van der Waals surface area contributed by atoms with Gasteiger partial charge in [-0.1, -0.05) is 60.9 Å². The van der Waals surface area contributed by atoms with Crippen molar-refractivity contribution in [1.29, 1.82) is 0 Å². The molecule has 6 rings (SSSR count). The van der Waals surface area contributed by atoms with E-state index < -0.39 is 13.0 Å². The fourth-order valence-electron chi connectivity index (χ4n) is 8.41. The second-order valence-electron chi connectivity index (χ2n) is 13.7. The largest absolute Gasteiger partial charge is 0.504 e. The third-order valence-electron chi connectivity index (χ3n) is 10.5. The van der Waals surface area contributed by atoms with Gasteiger partial charge in [0.05, 0.1) is 28.6 Å². The number of methoxy groups -OCH3 is 1. The minimum atomic E-state index is -0.972. The molecule has 4 aliphatic rings. The van der Waals surface area contributed by atoms with E-state index in [2.05, 4.69) is 71.7 Å². The molecule has 8 nitrogen and oxygen atoms in total. The fraction of sp³-hybridized carbons (Fsp3) is 0.514. The van der Waals surface area contributed by atoms with E-state index in [9.17, 15) is 19.7 Å². The van der Waals surface area contributed by atoms with E-state index in [1.54, 1.807) is 12.0 Å². The van der Waals surface area contributed by atoms with Gasteiger partial charge in [0.25, 0.3) is 0 Å². The Bertz CT molecular complexity index is 1540. The predicted molar refractivity (Wildman–Crippen MR) is 192 cm³/mol. The summed E-state index contributed by atoms with van der Waals surface area (Å²) in [4.78, 5) is 32.3. The van der Waals surface area contributed by atoms with E-state index in [4.69, 9.17) is 9.39 Å². The van der Waals surface area contributed by atoms with Crippen LogP contribution in [0.2, 0.25) is 6.32 Å². The number of piperidine rings is 1. The van der Waals surface area contributed by atoms with Crippen molar-refractivity contribution < 1.29 is 29.1 Å². The molecule has 3 fully saturated rings. The van der Waals surface area contributed by atoms with Crippen molar-refractivity contribution in [2.24, 2.45) is 17.8 Å². The second-order valence-corrected chi connectivity index (χ2v) is 14.9. The summed E-state index contributed by atoms with van der Waals surface area (Å²) >= 11 is 2.10. The van der Waals surface area contributed by atoms with Gasteiger partial charge in [0.1, 0.15) is 0 Å². The monoisotopic (exact) mass is 752 g/mol. The number of rotatable bonds is 10. The maximum Gasteiger partial charge on any atom is 0.455 e. The van der Waals surface area contributed by atoms with E-state index in [0.29, 0.717) is 24.9 Å². The molecule has 0 aromatic heterocycles. The van der Waals surface area contributed by atoms with Crippen LogP contribution in [0.5, 0.6) is 11.5 Å². The van der Waals surface area contributed by atoms with Crippen molar-refractivity contribution in [2.45, 2.75) is 83.8 Å². The van der Waals surface area contributed by atoms with Crippen LogP contribution in [-0.4, -0.2) is 71.2 Å². The number of nitrogens with zero attached hydrogens (tertiary/aromatic N) is 2. The molecule has 2 aromatic carbocycles. The van der Waals surface area contributed by atoms with Gasteiger partial charge in [-0.05, 0) is 109 Å². The number of amides is 2. The number of aromatic hydroxyl groups is 1. The summed E-state index contributed by atoms with van der Waals surface area (Å²) in [6.45, 7) is 6.82. The molecule has 250 valence electrons. The lowest BCUT2D eigenvalue weighted by Crippen LogP contribution is -2.48. The summed E-state index contributed by atoms with van der Waals surface area (Å²) in [6, 6.07) is 14.1. The number of halogens is 1. The van der Waals surface area contributed by atoms with Crippen molar-refractivity contribution in [3.63, 3.8) is 0 Å². The maximum absolute atomic E-state index is 14.2. The SMILES string of the molecule is CCCC1=C2[C@@H](CC/C(C)=C/c3cc(I)c(O)c(OC)c3)OB(O)C[C@@H]2[C@@H]2C(=O)N(C3CCN(Cc4ccccc4)CC3)C(=O)[C@@H]2C1. The number of likely N-dealkylation sites (tertiary alicyclic amines) is 2. The third-order valence-corrected chi connectivity index (χ3v) is 11.4. The van der Waals surface area contributed by atoms with Crippen LogP contribution in [0.1, 0.15) is 69.9 Å². The van der Waals surface area contributed by atoms with Gasteiger partial charge in [0, 0.05) is 25.7 Å². The molecule has 0 bridgehead atoms. The number of phenolic OH excluding ortho intramolecular Hbond substituents is 1. The van der Waals surface area contributed by atoms with Crippen LogP contribution < -0.4 is 4.74 Å². The fourth-order valence-corrected chi connectivity index (χ4v) is 9.04. The minimum Gasteiger partial charge on any atom is -0.504 e. The summed E-state index contributed by atoms with van der Waals surface area (Å²) in [5, 5.41) is 21.2.